The monoisotopic (exact) mass is 548 g/mol. The van der Waals surface area contributed by atoms with Crippen molar-refractivity contribution >= 4 is 40.1 Å². The number of nitrogens with one attached hydrogen (secondary N) is 4. The predicted molar refractivity (Wildman–Crippen MR) is 140 cm³/mol. The lowest BCUT2D eigenvalue weighted by atomic mass is 10.2. The first-order chi connectivity index (χ1) is 17.8. The molecular weight excluding hydrogens is 516 g/mol. The highest BCUT2D eigenvalue weighted by atomic mass is 32.2. The standard InChI is InChI=1S/C24H32N6O7S/c1-24(2,3)37-23(33)30-29-21(31)11-5-4-8-14-25-22(32)18-12-13-20(26-15-18)28-27-16-17-9-6-7-10-19(17)38(34,35)36/h6-7,9-10,12-13,15-16H,4-5,8,11,14H2,1-3H3,(H,25,32)(H,26,28)(H,29,31)(H,30,33)(H,34,35,36)/b27-16+. The van der Waals surface area contributed by atoms with Crippen molar-refractivity contribution in [2.45, 2.75) is 57.0 Å². The molecule has 14 heteroatoms. The van der Waals surface area contributed by atoms with Crippen molar-refractivity contribution in [1.29, 1.82) is 0 Å². The lowest BCUT2D eigenvalue weighted by Crippen LogP contribution is -2.44. The fraction of sp³-hybridized carbons (Fsp3) is 0.375. The first-order valence-electron chi connectivity index (χ1n) is 11.7. The van der Waals surface area contributed by atoms with Gasteiger partial charge in [0.2, 0.25) is 5.91 Å². The molecule has 1 aromatic carbocycles. The highest BCUT2D eigenvalue weighted by Gasteiger charge is 2.16. The zero-order valence-electron chi connectivity index (χ0n) is 21.4. The lowest BCUT2D eigenvalue weighted by Gasteiger charge is -2.19. The molecule has 0 unspecified atom stereocenters. The highest BCUT2D eigenvalue weighted by molar-refractivity contribution is 7.86. The molecule has 1 aromatic heterocycles. The molecule has 0 atom stereocenters. The normalized spacial score (nSPS) is 11.6. The van der Waals surface area contributed by atoms with Crippen molar-refractivity contribution in [1.82, 2.24) is 21.2 Å². The third-order valence-electron chi connectivity index (χ3n) is 4.67. The van der Waals surface area contributed by atoms with Gasteiger partial charge in [-0.2, -0.15) is 13.5 Å². The molecule has 0 bridgehead atoms. The topological polar surface area (TPSA) is 188 Å². The molecular formula is C24H32N6O7S. The molecule has 2 aromatic rings. The molecule has 5 N–H and O–H groups in total. The number of hydrogen-bond donors (Lipinski definition) is 5. The molecule has 3 amide bonds. The third kappa shape index (κ3) is 11.3. The summed E-state index contributed by atoms with van der Waals surface area (Å²) in [5.41, 5.74) is 6.96. The van der Waals surface area contributed by atoms with E-state index in [9.17, 15) is 27.4 Å². The molecule has 0 saturated heterocycles. The summed E-state index contributed by atoms with van der Waals surface area (Å²) in [5, 5.41) is 6.69. The molecule has 0 fully saturated rings. The van der Waals surface area contributed by atoms with Crippen molar-refractivity contribution in [3.05, 3.63) is 53.7 Å². The summed E-state index contributed by atoms with van der Waals surface area (Å²) >= 11 is 0. The Kier molecular flexibility index (Phi) is 11.2. The van der Waals surface area contributed by atoms with E-state index < -0.39 is 21.8 Å². The van der Waals surface area contributed by atoms with E-state index >= 15 is 0 Å². The fourth-order valence-electron chi connectivity index (χ4n) is 2.96. The number of nitrogens with zero attached hydrogens (tertiary/aromatic N) is 2. The summed E-state index contributed by atoms with van der Waals surface area (Å²) in [6, 6.07) is 8.90. The van der Waals surface area contributed by atoms with Crippen molar-refractivity contribution in [2.24, 2.45) is 5.10 Å². The van der Waals surface area contributed by atoms with Crippen molar-refractivity contribution in [3.8, 4) is 0 Å². The molecule has 0 aliphatic carbocycles. The predicted octanol–water partition coefficient (Wildman–Crippen LogP) is 2.62. The first-order valence-corrected chi connectivity index (χ1v) is 13.2. The van der Waals surface area contributed by atoms with Crippen LogP contribution in [0, 0.1) is 0 Å². The van der Waals surface area contributed by atoms with Crippen LogP contribution in [0.5, 0.6) is 0 Å². The number of hydrazone groups is 1. The number of hydrazine groups is 1. The van der Waals surface area contributed by atoms with Gasteiger partial charge < -0.3 is 10.1 Å². The van der Waals surface area contributed by atoms with Gasteiger partial charge >= 0.3 is 6.09 Å². The number of carbonyl (C=O) groups is 3. The van der Waals surface area contributed by atoms with Crippen LogP contribution in [0.15, 0.2) is 52.6 Å². The van der Waals surface area contributed by atoms with Gasteiger partial charge in [-0.05, 0) is 51.8 Å². The Labute approximate surface area is 221 Å². The Balaban J connectivity index is 1.67. The molecule has 0 saturated carbocycles. The quantitative estimate of drug-likeness (QED) is 0.122. The summed E-state index contributed by atoms with van der Waals surface area (Å²) < 4.78 is 37.1. The zero-order valence-corrected chi connectivity index (χ0v) is 22.2. The number of carbonyl (C=O) groups excluding carboxylic acids is 3. The van der Waals surface area contributed by atoms with Crippen LogP contribution in [0.2, 0.25) is 0 Å². The molecule has 0 aliphatic rings. The Morgan fingerprint density at radius 1 is 1.05 bits per heavy atom. The maximum Gasteiger partial charge on any atom is 0.426 e. The van der Waals surface area contributed by atoms with E-state index in [1.54, 1.807) is 32.9 Å². The van der Waals surface area contributed by atoms with Gasteiger partial charge in [-0.1, -0.05) is 24.6 Å². The summed E-state index contributed by atoms with van der Waals surface area (Å²) in [7, 11) is -4.39. The summed E-state index contributed by atoms with van der Waals surface area (Å²) in [4.78, 5) is 39.3. The maximum atomic E-state index is 12.3. The van der Waals surface area contributed by atoms with Gasteiger partial charge in [-0.25, -0.2) is 15.2 Å². The Morgan fingerprint density at radius 2 is 1.79 bits per heavy atom. The van der Waals surface area contributed by atoms with Gasteiger partial charge in [-0.15, -0.1) is 0 Å². The molecule has 13 nitrogen and oxygen atoms in total. The van der Waals surface area contributed by atoms with E-state index in [4.69, 9.17) is 4.74 Å². The van der Waals surface area contributed by atoms with Gasteiger partial charge in [0.15, 0.2) is 0 Å². The van der Waals surface area contributed by atoms with Crippen molar-refractivity contribution < 1.29 is 32.1 Å². The van der Waals surface area contributed by atoms with Gasteiger partial charge in [0.1, 0.15) is 16.3 Å². The van der Waals surface area contributed by atoms with Crippen LogP contribution in [-0.4, -0.2) is 54.2 Å². The molecule has 206 valence electrons. The molecule has 38 heavy (non-hydrogen) atoms. The summed E-state index contributed by atoms with van der Waals surface area (Å²) in [6.07, 6.45) is 4.00. The number of amides is 3. The Hall–Kier alpha value is -4.04. The number of aromatic nitrogens is 1. The van der Waals surface area contributed by atoms with Crippen LogP contribution in [0.25, 0.3) is 0 Å². The van der Waals surface area contributed by atoms with Gasteiger partial charge in [0.25, 0.3) is 16.0 Å². The van der Waals surface area contributed by atoms with Gasteiger partial charge in [-0.3, -0.25) is 25.0 Å². The minimum Gasteiger partial charge on any atom is -0.443 e. The van der Waals surface area contributed by atoms with Crippen molar-refractivity contribution in [3.63, 3.8) is 0 Å². The maximum absolute atomic E-state index is 12.3. The van der Waals surface area contributed by atoms with Gasteiger partial charge in [0.05, 0.1) is 11.8 Å². The number of unbranched alkanes of at least 4 members (excludes halogenated alkanes) is 2. The second kappa shape index (κ2) is 14.0. The van der Waals surface area contributed by atoms with E-state index in [-0.39, 0.29) is 28.7 Å². The van der Waals surface area contributed by atoms with E-state index in [0.717, 1.165) is 0 Å². The minimum atomic E-state index is -4.39. The summed E-state index contributed by atoms with van der Waals surface area (Å²) in [5.74, 6) is -0.331. The average Bonchev–Trinajstić information content (AvgIpc) is 2.84. The van der Waals surface area contributed by atoms with Crippen LogP contribution < -0.4 is 21.6 Å². The molecule has 0 radical (unpaired) electrons. The smallest absolute Gasteiger partial charge is 0.426 e. The van der Waals surface area contributed by atoms with E-state index in [1.165, 1.54) is 36.7 Å². The number of ether oxygens (including phenoxy) is 1. The number of pyridine rings is 1. The van der Waals surface area contributed by atoms with E-state index in [0.29, 0.717) is 37.2 Å². The Bertz CT molecular complexity index is 1240. The van der Waals surface area contributed by atoms with Crippen LogP contribution >= 0.6 is 0 Å². The molecule has 1 heterocycles. The molecule has 0 spiro atoms. The number of rotatable bonds is 11. The molecule has 2 rings (SSSR count). The van der Waals surface area contributed by atoms with Crippen LogP contribution in [-0.2, 0) is 19.6 Å². The van der Waals surface area contributed by atoms with E-state index in [1.807, 2.05) is 0 Å². The third-order valence-corrected chi connectivity index (χ3v) is 5.60. The number of hydrogen-bond acceptors (Lipinski definition) is 9. The van der Waals surface area contributed by atoms with E-state index in [2.05, 4.69) is 31.7 Å². The minimum absolute atomic E-state index is 0.191. The number of benzene rings is 1. The lowest BCUT2D eigenvalue weighted by molar-refractivity contribution is -0.122. The van der Waals surface area contributed by atoms with Gasteiger partial charge in [0, 0.05) is 24.7 Å². The Morgan fingerprint density at radius 3 is 2.45 bits per heavy atom. The van der Waals surface area contributed by atoms with Crippen LogP contribution in [0.1, 0.15) is 62.4 Å². The van der Waals surface area contributed by atoms with Crippen molar-refractivity contribution in [2.75, 3.05) is 12.0 Å². The second-order valence-electron chi connectivity index (χ2n) is 9.06. The fourth-order valence-corrected chi connectivity index (χ4v) is 3.63. The highest BCUT2D eigenvalue weighted by Crippen LogP contribution is 2.13. The molecule has 0 aliphatic heterocycles. The largest absolute Gasteiger partial charge is 0.443 e. The number of anilines is 1. The SMILES string of the molecule is CC(C)(C)OC(=O)NNC(=O)CCCCCNC(=O)c1ccc(N/N=C/c2ccccc2S(=O)(=O)O)nc1. The second-order valence-corrected chi connectivity index (χ2v) is 10.4. The first kappa shape index (κ1) is 30.2. The average molecular weight is 549 g/mol. The van der Waals surface area contributed by atoms with Crippen LogP contribution in [0.4, 0.5) is 10.6 Å². The summed E-state index contributed by atoms with van der Waals surface area (Å²) in [6.45, 7) is 5.56. The zero-order chi connectivity index (χ0) is 28.2. The van der Waals surface area contributed by atoms with Crippen LogP contribution in [0.3, 0.4) is 0 Å².